The van der Waals surface area contributed by atoms with Crippen molar-refractivity contribution in [2.24, 2.45) is 0 Å². The van der Waals surface area contributed by atoms with Gasteiger partial charge in [-0.15, -0.1) is 0 Å². The maximum Gasteiger partial charge on any atom is 0.336 e. The fraction of sp³-hybridized carbons (Fsp3) is 0.417. The molecule has 1 aliphatic rings. The van der Waals surface area contributed by atoms with Crippen LogP contribution in [0.1, 0.15) is 0 Å². The summed E-state index contributed by atoms with van der Waals surface area (Å²) in [5.41, 5.74) is 0.512. The summed E-state index contributed by atoms with van der Waals surface area (Å²) in [6.45, 7) is 1.07. The monoisotopic (exact) mass is 266 g/mol. The molecular formula is C12H14N2O5. The molecule has 7 heteroatoms. The van der Waals surface area contributed by atoms with Crippen molar-refractivity contribution in [1.29, 1.82) is 0 Å². The Hall–Kier alpha value is -2.15. The number of hydrogen-bond donors (Lipinski definition) is 0. The van der Waals surface area contributed by atoms with Gasteiger partial charge in [0.2, 0.25) is 0 Å². The van der Waals surface area contributed by atoms with Crippen molar-refractivity contribution >= 4 is 17.3 Å². The van der Waals surface area contributed by atoms with Gasteiger partial charge in [-0.05, 0) is 6.07 Å². The van der Waals surface area contributed by atoms with E-state index in [4.69, 9.17) is 4.74 Å². The number of hydrogen-bond acceptors (Lipinski definition) is 6. The van der Waals surface area contributed by atoms with Gasteiger partial charge in [-0.2, -0.15) is 0 Å². The first-order chi connectivity index (χ1) is 9.13. The maximum atomic E-state index is 11.5. The van der Waals surface area contributed by atoms with Crippen LogP contribution in [0.25, 0.3) is 0 Å². The number of carbonyl (C=O) groups excluding carboxylic acids is 1. The Kier molecular flexibility index (Phi) is 3.96. The Labute approximate surface area is 109 Å². The van der Waals surface area contributed by atoms with Crippen molar-refractivity contribution in [3.8, 4) is 0 Å². The van der Waals surface area contributed by atoms with Crippen LogP contribution in [-0.4, -0.2) is 43.8 Å². The van der Waals surface area contributed by atoms with Crippen LogP contribution in [0.4, 0.5) is 11.4 Å². The normalized spacial score (nSPS) is 19.0. The predicted molar refractivity (Wildman–Crippen MR) is 67.1 cm³/mol. The highest BCUT2D eigenvalue weighted by Crippen LogP contribution is 2.28. The van der Waals surface area contributed by atoms with Crippen LogP contribution in [0.15, 0.2) is 24.3 Å². The van der Waals surface area contributed by atoms with Crippen molar-refractivity contribution < 1.29 is 19.2 Å². The number of para-hydroxylation sites is 2. The lowest BCUT2D eigenvalue weighted by molar-refractivity contribution is -0.384. The minimum atomic E-state index is -0.710. The average Bonchev–Trinajstić information content (AvgIpc) is 2.46. The largest absolute Gasteiger partial charge is 0.467 e. The van der Waals surface area contributed by atoms with Crippen molar-refractivity contribution in [3.05, 3.63) is 34.4 Å². The molecule has 1 unspecified atom stereocenters. The lowest BCUT2D eigenvalue weighted by atomic mass is 10.2. The molecule has 1 aliphatic heterocycles. The van der Waals surface area contributed by atoms with Gasteiger partial charge < -0.3 is 14.4 Å². The summed E-state index contributed by atoms with van der Waals surface area (Å²) in [6, 6.07) is 6.44. The minimum absolute atomic E-state index is 0.0213. The number of anilines is 1. The molecule has 19 heavy (non-hydrogen) atoms. The van der Waals surface area contributed by atoms with Gasteiger partial charge in [0.1, 0.15) is 5.69 Å². The minimum Gasteiger partial charge on any atom is -0.467 e. The number of benzene rings is 1. The first kappa shape index (κ1) is 13.3. The van der Waals surface area contributed by atoms with Gasteiger partial charge in [0.05, 0.1) is 25.2 Å². The van der Waals surface area contributed by atoms with Crippen molar-refractivity contribution in [2.45, 2.75) is 6.10 Å². The van der Waals surface area contributed by atoms with Gasteiger partial charge in [0.25, 0.3) is 5.69 Å². The lowest BCUT2D eigenvalue weighted by Gasteiger charge is -2.32. The van der Waals surface area contributed by atoms with Gasteiger partial charge in [0, 0.05) is 12.6 Å². The molecule has 1 aromatic rings. The Bertz CT molecular complexity index is 491. The summed E-state index contributed by atoms with van der Waals surface area (Å²) in [5, 5.41) is 11.0. The Morgan fingerprint density at radius 1 is 1.53 bits per heavy atom. The van der Waals surface area contributed by atoms with Gasteiger partial charge in [0.15, 0.2) is 6.10 Å². The number of morpholine rings is 1. The molecule has 0 N–H and O–H groups in total. The molecule has 1 aromatic carbocycles. The van der Waals surface area contributed by atoms with Crippen LogP contribution in [0.5, 0.6) is 0 Å². The van der Waals surface area contributed by atoms with E-state index < -0.39 is 17.0 Å². The van der Waals surface area contributed by atoms with Crippen molar-refractivity contribution in [2.75, 3.05) is 31.7 Å². The number of ether oxygens (including phenoxy) is 2. The summed E-state index contributed by atoms with van der Waals surface area (Å²) in [4.78, 5) is 23.8. The first-order valence-electron chi connectivity index (χ1n) is 5.81. The number of esters is 1. The number of carbonyl (C=O) groups is 1. The Balaban J connectivity index is 2.22. The van der Waals surface area contributed by atoms with E-state index in [9.17, 15) is 14.9 Å². The zero-order chi connectivity index (χ0) is 13.8. The molecule has 0 radical (unpaired) electrons. The van der Waals surface area contributed by atoms with Gasteiger partial charge in [-0.1, -0.05) is 12.1 Å². The van der Waals surface area contributed by atoms with Gasteiger partial charge in [-0.3, -0.25) is 10.1 Å². The summed E-state index contributed by atoms with van der Waals surface area (Å²) < 4.78 is 9.92. The molecule has 0 aliphatic carbocycles. The molecule has 0 bridgehead atoms. The van der Waals surface area contributed by atoms with E-state index >= 15 is 0 Å². The second kappa shape index (κ2) is 5.66. The summed E-state index contributed by atoms with van der Waals surface area (Å²) in [6.07, 6.45) is -0.710. The first-order valence-corrected chi connectivity index (χ1v) is 5.81. The summed E-state index contributed by atoms with van der Waals surface area (Å²) in [7, 11) is 1.29. The molecular weight excluding hydrogens is 252 g/mol. The number of nitrogens with zero attached hydrogens (tertiary/aromatic N) is 2. The molecule has 0 saturated carbocycles. The number of nitro benzene ring substituents is 1. The van der Waals surface area contributed by atoms with Crippen molar-refractivity contribution in [3.63, 3.8) is 0 Å². The Morgan fingerprint density at radius 2 is 2.26 bits per heavy atom. The van der Waals surface area contributed by atoms with E-state index in [1.54, 1.807) is 23.1 Å². The molecule has 2 rings (SSSR count). The highest BCUT2D eigenvalue weighted by atomic mass is 16.6. The number of methoxy groups -OCH3 is 1. The molecule has 0 amide bonds. The molecule has 1 atom stereocenters. The van der Waals surface area contributed by atoms with E-state index in [-0.39, 0.29) is 12.2 Å². The molecule has 1 fully saturated rings. The molecule has 102 valence electrons. The summed E-state index contributed by atoms with van der Waals surface area (Å²) >= 11 is 0. The van der Waals surface area contributed by atoms with Crippen LogP contribution < -0.4 is 4.90 Å². The molecule has 0 aromatic heterocycles. The molecule has 1 heterocycles. The number of rotatable bonds is 3. The second-order valence-electron chi connectivity index (χ2n) is 4.07. The molecule has 0 spiro atoms. The van der Waals surface area contributed by atoms with E-state index in [1.807, 2.05) is 0 Å². The number of nitro groups is 1. The topological polar surface area (TPSA) is 81.9 Å². The molecule has 7 nitrogen and oxygen atoms in total. The predicted octanol–water partition coefficient (Wildman–Crippen LogP) is 0.973. The van der Waals surface area contributed by atoms with Crippen LogP contribution in [0.2, 0.25) is 0 Å². The van der Waals surface area contributed by atoms with Crippen molar-refractivity contribution in [1.82, 2.24) is 0 Å². The van der Waals surface area contributed by atoms with Gasteiger partial charge in [-0.25, -0.2) is 4.79 Å². The van der Waals surface area contributed by atoms with Crippen LogP contribution in [-0.2, 0) is 14.3 Å². The second-order valence-corrected chi connectivity index (χ2v) is 4.07. The average molecular weight is 266 g/mol. The highest BCUT2D eigenvalue weighted by Gasteiger charge is 2.30. The van der Waals surface area contributed by atoms with E-state index in [1.165, 1.54) is 13.2 Å². The Morgan fingerprint density at radius 3 is 2.95 bits per heavy atom. The maximum absolute atomic E-state index is 11.5. The van der Waals surface area contributed by atoms with Crippen LogP contribution >= 0.6 is 0 Å². The lowest BCUT2D eigenvalue weighted by Crippen LogP contribution is -2.46. The van der Waals surface area contributed by atoms with Crippen LogP contribution in [0.3, 0.4) is 0 Å². The highest BCUT2D eigenvalue weighted by molar-refractivity contribution is 5.76. The van der Waals surface area contributed by atoms with E-state index in [0.717, 1.165) is 0 Å². The fourth-order valence-corrected chi connectivity index (χ4v) is 2.03. The third-order valence-electron chi connectivity index (χ3n) is 2.95. The third kappa shape index (κ3) is 2.82. The summed E-state index contributed by atoms with van der Waals surface area (Å²) in [5.74, 6) is -0.469. The molecule has 1 saturated heterocycles. The quantitative estimate of drug-likeness (QED) is 0.460. The van der Waals surface area contributed by atoms with Crippen LogP contribution in [0, 0.1) is 10.1 Å². The van der Waals surface area contributed by atoms with E-state index in [2.05, 4.69) is 4.74 Å². The van der Waals surface area contributed by atoms with E-state index in [0.29, 0.717) is 18.8 Å². The fourth-order valence-electron chi connectivity index (χ4n) is 2.03. The zero-order valence-corrected chi connectivity index (χ0v) is 10.4. The van der Waals surface area contributed by atoms with Gasteiger partial charge >= 0.3 is 5.97 Å². The SMILES string of the molecule is COC(=O)C1CN(c2ccccc2[N+](=O)[O-])CCO1. The smallest absolute Gasteiger partial charge is 0.336 e. The zero-order valence-electron chi connectivity index (χ0n) is 10.4. The standard InChI is InChI=1S/C12H14N2O5/c1-18-12(15)11-8-13(6-7-19-11)9-4-2-3-5-10(9)14(16)17/h2-5,11H,6-8H2,1H3. The third-order valence-corrected chi connectivity index (χ3v) is 2.95.